The molecule has 0 spiro atoms. The molecule has 5 nitrogen and oxygen atoms in total. The van der Waals surface area contributed by atoms with Crippen molar-refractivity contribution in [2.45, 2.75) is 25.2 Å². The van der Waals surface area contributed by atoms with Crippen LogP contribution in [-0.2, 0) is 6.42 Å². The molecule has 6 heteroatoms. The number of benzene rings is 2. The minimum atomic E-state index is -0.937. The smallest absolute Gasteiger partial charge is 0.336 e. The third-order valence-corrected chi connectivity index (χ3v) is 5.55. The number of carboxylic acids is 1. The number of pyridine rings is 1. The van der Waals surface area contributed by atoms with Gasteiger partial charge >= 0.3 is 5.97 Å². The first-order chi connectivity index (χ1) is 14.6. The Morgan fingerprint density at radius 3 is 2.93 bits per heavy atom. The molecule has 0 bridgehead atoms. The summed E-state index contributed by atoms with van der Waals surface area (Å²) in [7, 11) is 1.56. The molecular formula is C24H22FNO4. The van der Waals surface area contributed by atoms with Crippen molar-refractivity contribution in [1.82, 2.24) is 4.98 Å². The second kappa shape index (κ2) is 8.53. The molecule has 154 valence electrons. The number of ether oxygens (including phenoxy) is 2. The van der Waals surface area contributed by atoms with E-state index in [1.165, 1.54) is 24.4 Å². The molecule has 1 N–H and O–H groups in total. The molecular weight excluding hydrogens is 385 g/mol. The Labute approximate surface area is 174 Å². The zero-order chi connectivity index (χ0) is 21.1. The first-order valence-corrected chi connectivity index (χ1v) is 9.83. The molecule has 4 rings (SSSR count). The Balaban J connectivity index is 1.59. The molecule has 0 fully saturated rings. The predicted octanol–water partition coefficient (Wildman–Crippen LogP) is 5.09. The topological polar surface area (TPSA) is 68.7 Å². The molecule has 1 aliphatic heterocycles. The molecule has 0 saturated heterocycles. The predicted molar refractivity (Wildman–Crippen MR) is 111 cm³/mol. The van der Waals surface area contributed by atoms with Crippen molar-refractivity contribution in [3.8, 4) is 22.6 Å². The summed E-state index contributed by atoms with van der Waals surface area (Å²) in [5, 5.41) is 9.38. The molecule has 2 aromatic carbocycles. The Kier molecular flexibility index (Phi) is 5.65. The summed E-state index contributed by atoms with van der Waals surface area (Å²) in [5.41, 5.74) is 3.62. The average Bonchev–Trinajstić information content (AvgIpc) is 2.77. The number of fused-ring (bicyclic) bond motifs is 1. The third kappa shape index (κ3) is 3.99. The number of rotatable bonds is 6. The highest BCUT2D eigenvalue weighted by Crippen LogP contribution is 2.40. The molecule has 30 heavy (non-hydrogen) atoms. The number of aromatic carboxylic acids is 1. The zero-order valence-corrected chi connectivity index (χ0v) is 16.6. The van der Waals surface area contributed by atoms with Crippen molar-refractivity contribution >= 4 is 5.97 Å². The van der Waals surface area contributed by atoms with Gasteiger partial charge in [-0.15, -0.1) is 0 Å². The molecule has 0 unspecified atom stereocenters. The van der Waals surface area contributed by atoms with E-state index >= 15 is 0 Å². The molecule has 0 aliphatic carbocycles. The van der Waals surface area contributed by atoms with Crippen molar-refractivity contribution in [3.05, 3.63) is 77.4 Å². The maximum atomic E-state index is 13.8. The standard InChI is InChI=1S/C24H22FNO4/c1-29-22-7-5-18(25)13-21(22)16-4-6-19-15(9-11-30-23(19)12-16)2-3-17-14-26-10-8-20(17)24(27)28/h4-8,10,12-15H,2-3,9,11H2,1H3,(H,27,28)/t15-/m1/s1. The van der Waals surface area contributed by atoms with Gasteiger partial charge in [0.1, 0.15) is 17.3 Å². The average molecular weight is 407 g/mol. The van der Waals surface area contributed by atoms with E-state index in [9.17, 15) is 14.3 Å². The number of carbonyl (C=O) groups is 1. The fourth-order valence-corrected chi connectivity index (χ4v) is 4.00. The SMILES string of the molecule is COc1ccc(F)cc1-c1ccc2c(c1)OCC[C@H]2CCc1cnccc1C(=O)O. The summed E-state index contributed by atoms with van der Waals surface area (Å²) in [6, 6.07) is 11.9. The zero-order valence-electron chi connectivity index (χ0n) is 16.6. The summed E-state index contributed by atoms with van der Waals surface area (Å²) in [6.45, 7) is 0.584. The van der Waals surface area contributed by atoms with Gasteiger partial charge in [-0.2, -0.15) is 0 Å². The summed E-state index contributed by atoms with van der Waals surface area (Å²) in [4.78, 5) is 15.5. The van der Waals surface area contributed by atoms with Crippen molar-refractivity contribution in [1.29, 1.82) is 0 Å². The normalized spacial score (nSPS) is 15.2. The maximum absolute atomic E-state index is 13.8. The van der Waals surface area contributed by atoms with E-state index in [1.807, 2.05) is 18.2 Å². The monoisotopic (exact) mass is 407 g/mol. The van der Waals surface area contributed by atoms with Gasteiger partial charge in [-0.1, -0.05) is 12.1 Å². The molecule has 3 aromatic rings. The van der Waals surface area contributed by atoms with Crippen molar-refractivity contribution in [2.75, 3.05) is 13.7 Å². The number of aryl methyl sites for hydroxylation is 1. The van der Waals surface area contributed by atoms with E-state index in [4.69, 9.17) is 9.47 Å². The van der Waals surface area contributed by atoms with Gasteiger partial charge in [0.15, 0.2) is 0 Å². The number of nitrogens with zero attached hydrogens (tertiary/aromatic N) is 1. The van der Waals surface area contributed by atoms with E-state index in [-0.39, 0.29) is 11.7 Å². The lowest BCUT2D eigenvalue weighted by Gasteiger charge is -2.27. The van der Waals surface area contributed by atoms with E-state index in [2.05, 4.69) is 4.98 Å². The van der Waals surface area contributed by atoms with Gasteiger partial charge in [-0.05, 0) is 72.2 Å². The highest BCUT2D eigenvalue weighted by molar-refractivity contribution is 5.89. The first kappa shape index (κ1) is 19.9. The van der Waals surface area contributed by atoms with Gasteiger partial charge in [0, 0.05) is 18.0 Å². The van der Waals surface area contributed by atoms with Crippen molar-refractivity contribution < 1.29 is 23.8 Å². The second-order valence-electron chi connectivity index (χ2n) is 7.31. The Bertz CT molecular complexity index is 1080. The molecule has 1 atom stereocenters. The van der Waals surface area contributed by atoms with Crippen LogP contribution < -0.4 is 9.47 Å². The van der Waals surface area contributed by atoms with Crippen LogP contribution in [-0.4, -0.2) is 29.8 Å². The van der Waals surface area contributed by atoms with E-state index in [0.29, 0.717) is 29.9 Å². The van der Waals surface area contributed by atoms with Crippen LogP contribution in [0.2, 0.25) is 0 Å². The van der Waals surface area contributed by atoms with E-state index in [1.54, 1.807) is 19.4 Å². The van der Waals surface area contributed by atoms with Crippen LogP contribution in [0.3, 0.4) is 0 Å². The quantitative estimate of drug-likeness (QED) is 0.616. The molecule has 1 aliphatic rings. The van der Waals surface area contributed by atoms with E-state index < -0.39 is 5.97 Å². The number of carboxylic acid groups (broad SMARTS) is 1. The van der Waals surface area contributed by atoms with Gasteiger partial charge in [0.25, 0.3) is 0 Å². The summed E-state index contributed by atoms with van der Waals surface area (Å²) >= 11 is 0. The molecule has 2 heterocycles. The number of hydrogen-bond donors (Lipinski definition) is 1. The number of hydrogen-bond acceptors (Lipinski definition) is 4. The molecule has 1 aromatic heterocycles. The lowest BCUT2D eigenvalue weighted by molar-refractivity contribution is 0.0695. The van der Waals surface area contributed by atoms with Gasteiger partial charge in [0.05, 0.1) is 19.3 Å². The maximum Gasteiger partial charge on any atom is 0.336 e. The second-order valence-corrected chi connectivity index (χ2v) is 7.31. The van der Waals surface area contributed by atoms with Crippen LogP contribution in [0.25, 0.3) is 11.1 Å². The van der Waals surface area contributed by atoms with Crippen LogP contribution >= 0.6 is 0 Å². The summed E-state index contributed by atoms with van der Waals surface area (Å²) in [6.07, 6.45) is 5.41. The number of methoxy groups -OCH3 is 1. The van der Waals surface area contributed by atoms with Crippen molar-refractivity contribution in [3.63, 3.8) is 0 Å². The van der Waals surface area contributed by atoms with Gasteiger partial charge in [-0.3, -0.25) is 4.98 Å². The van der Waals surface area contributed by atoms with E-state index in [0.717, 1.165) is 35.3 Å². The van der Waals surface area contributed by atoms with Gasteiger partial charge in [0.2, 0.25) is 0 Å². The highest BCUT2D eigenvalue weighted by atomic mass is 19.1. The fraction of sp³-hybridized carbons (Fsp3) is 0.250. The Hall–Kier alpha value is -3.41. The van der Waals surface area contributed by atoms with Gasteiger partial charge in [-0.25, -0.2) is 9.18 Å². The molecule has 0 amide bonds. The molecule has 0 radical (unpaired) electrons. The van der Waals surface area contributed by atoms with Crippen LogP contribution in [0.5, 0.6) is 11.5 Å². The summed E-state index contributed by atoms with van der Waals surface area (Å²) < 4.78 is 25.1. The highest BCUT2D eigenvalue weighted by Gasteiger charge is 2.23. The minimum absolute atomic E-state index is 0.249. The largest absolute Gasteiger partial charge is 0.496 e. The Morgan fingerprint density at radius 1 is 1.27 bits per heavy atom. The van der Waals surface area contributed by atoms with Gasteiger partial charge < -0.3 is 14.6 Å². The third-order valence-electron chi connectivity index (χ3n) is 5.55. The van der Waals surface area contributed by atoms with Crippen LogP contribution in [0.4, 0.5) is 4.39 Å². The Morgan fingerprint density at radius 2 is 2.13 bits per heavy atom. The van der Waals surface area contributed by atoms with Crippen LogP contribution in [0.15, 0.2) is 54.9 Å². The lowest BCUT2D eigenvalue weighted by Crippen LogP contribution is -2.15. The first-order valence-electron chi connectivity index (χ1n) is 9.83. The number of aromatic nitrogens is 1. The number of halogens is 1. The minimum Gasteiger partial charge on any atom is -0.496 e. The van der Waals surface area contributed by atoms with Crippen LogP contribution in [0, 0.1) is 5.82 Å². The lowest BCUT2D eigenvalue weighted by atomic mass is 9.86. The van der Waals surface area contributed by atoms with Crippen molar-refractivity contribution in [2.24, 2.45) is 0 Å². The fourth-order valence-electron chi connectivity index (χ4n) is 4.00. The molecule has 0 saturated carbocycles. The van der Waals surface area contributed by atoms with Crippen LogP contribution in [0.1, 0.15) is 40.2 Å². The summed E-state index contributed by atoms with van der Waals surface area (Å²) in [5.74, 6) is 0.363.